The summed E-state index contributed by atoms with van der Waals surface area (Å²) in [6.45, 7) is 0.139. The molecule has 0 saturated carbocycles. The predicted molar refractivity (Wildman–Crippen MR) is 91.2 cm³/mol. The molecule has 118 valence electrons. The van der Waals surface area contributed by atoms with Crippen LogP contribution >= 0.6 is 15.9 Å². The summed E-state index contributed by atoms with van der Waals surface area (Å²) in [6, 6.07) is 13.4. The Kier molecular flexibility index (Phi) is 5.55. The van der Waals surface area contributed by atoms with Crippen LogP contribution in [0, 0.1) is 11.8 Å². The summed E-state index contributed by atoms with van der Waals surface area (Å²) in [5.41, 5.74) is 1.03. The van der Waals surface area contributed by atoms with Crippen molar-refractivity contribution < 1.29 is 13.2 Å². The minimum Gasteiger partial charge on any atom is -0.341 e. The average Bonchev–Trinajstić information content (AvgIpc) is 2.51. The molecule has 0 aliphatic heterocycles. The Bertz CT molecular complexity index is 885. The van der Waals surface area contributed by atoms with Gasteiger partial charge in [0.15, 0.2) is 0 Å². The summed E-state index contributed by atoms with van der Waals surface area (Å²) in [5, 5.41) is 7.68. The molecular formula is C16H13BrN2O3S. The van der Waals surface area contributed by atoms with Crippen LogP contribution in [0.4, 0.5) is 0 Å². The molecule has 7 heteroatoms. The van der Waals surface area contributed by atoms with E-state index in [4.69, 9.17) is 5.14 Å². The van der Waals surface area contributed by atoms with Crippen molar-refractivity contribution in [2.75, 3.05) is 6.54 Å². The first-order chi connectivity index (χ1) is 10.9. The number of benzene rings is 2. The highest BCUT2D eigenvalue weighted by molar-refractivity contribution is 9.10. The van der Waals surface area contributed by atoms with Crippen molar-refractivity contribution in [3.05, 3.63) is 64.1 Å². The molecule has 3 N–H and O–H groups in total. The highest BCUT2D eigenvalue weighted by atomic mass is 79.9. The topological polar surface area (TPSA) is 89.3 Å². The van der Waals surface area contributed by atoms with E-state index in [9.17, 15) is 13.2 Å². The van der Waals surface area contributed by atoms with Gasteiger partial charge in [0.25, 0.3) is 5.91 Å². The zero-order valence-electron chi connectivity index (χ0n) is 11.9. The smallest absolute Gasteiger partial charge is 0.253 e. The minimum absolute atomic E-state index is 0.124. The first-order valence-electron chi connectivity index (χ1n) is 6.52. The molecular weight excluding hydrogens is 380 g/mol. The Morgan fingerprint density at radius 3 is 2.52 bits per heavy atom. The number of primary sulfonamides is 1. The molecule has 0 unspecified atom stereocenters. The first-order valence-corrected chi connectivity index (χ1v) is 8.86. The number of carbonyl (C=O) groups is 1. The number of carbonyl (C=O) groups excluding carboxylic acids is 1. The number of hydrogen-bond acceptors (Lipinski definition) is 3. The maximum absolute atomic E-state index is 12.1. The van der Waals surface area contributed by atoms with Crippen LogP contribution in [0.15, 0.2) is 57.9 Å². The summed E-state index contributed by atoms with van der Waals surface area (Å²) >= 11 is 3.21. The van der Waals surface area contributed by atoms with Crippen molar-refractivity contribution in [2.24, 2.45) is 5.14 Å². The highest BCUT2D eigenvalue weighted by Crippen LogP contribution is 2.20. The van der Waals surface area contributed by atoms with Crippen LogP contribution < -0.4 is 10.5 Å². The van der Waals surface area contributed by atoms with Gasteiger partial charge in [-0.3, -0.25) is 4.79 Å². The molecule has 1 amide bonds. The molecule has 5 nitrogen and oxygen atoms in total. The van der Waals surface area contributed by atoms with Crippen LogP contribution in [-0.2, 0) is 10.0 Å². The molecule has 23 heavy (non-hydrogen) atoms. The standard InChI is InChI=1S/C16H13BrN2O3S/c17-15-9-8-13(23(18,21)22)11-14(15)16(20)19-10-4-7-12-5-2-1-3-6-12/h1-3,5-6,8-9,11H,10H2,(H,19,20)(H2,18,21,22). The fourth-order valence-corrected chi connectivity index (χ4v) is 2.71. The quantitative estimate of drug-likeness (QED) is 0.781. The Morgan fingerprint density at radius 1 is 1.17 bits per heavy atom. The van der Waals surface area contributed by atoms with Crippen LogP contribution in [0.1, 0.15) is 15.9 Å². The molecule has 0 aliphatic rings. The molecule has 0 saturated heterocycles. The van der Waals surface area contributed by atoms with E-state index in [0.717, 1.165) is 5.56 Å². The van der Waals surface area contributed by atoms with Gasteiger partial charge in [0.1, 0.15) is 0 Å². The van der Waals surface area contributed by atoms with Gasteiger partial charge in [0, 0.05) is 10.0 Å². The molecule has 2 aromatic carbocycles. The average molecular weight is 393 g/mol. The second-order valence-corrected chi connectivity index (χ2v) is 6.95. The van der Waals surface area contributed by atoms with E-state index in [0.29, 0.717) is 4.47 Å². The molecule has 0 heterocycles. The number of nitrogens with one attached hydrogen (secondary N) is 1. The molecule has 0 spiro atoms. The van der Waals surface area contributed by atoms with Crippen LogP contribution in [0.25, 0.3) is 0 Å². The van der Waals surface area contributed by atoms with Crippen molar-refractivity contribution in [1.82, 2.24) is 5.32 Å². The zero-order chi connectivity index (χ0) is 16.9. The largest absolute Gasteiger partial charge is 0.341 e. The van der Waals surface area contributed by atoms with Gasteiger partial charge in [-0.05, 0) is 46.3 Å². The maximum atomic E-state index is 12.1. The third kappa shape index (κ3) is 4.93. The molecule has 2 aromatic rings. The minimum atomic E-state index is -3.87. The Morgan fingerprint density at radius 2 is 1.87 bits per heavy atom. The van der Waals surface area contributed by atoms with E-state index < -0.39 is 15.9 Å². The van der Waals surface area contributed by atoms with Crippen molar-refractivity contribution in [3.8, 4) is 11.8 Å². The Balaban J connectivity index is 2.08. The fourth-order valence-electron chi connectivity index (χ4n) is 1.74. The number of rotatable bonds is 3. The van der Waals surface area contributed by atoms with Crippen molar-refractivity contribution in [1.29, 1.82) is 0 Å². The zero-order valence-corrected chi connectivity index (χ0v) is 14.3. The van der Waals surface area contributed by atoms with Crippen molar-refractivity contribution in [2.45, 2.75) is 4.90 Å². The van der Waals surface area contributed by atoms with E-state index in [2.05, 4.69) is 33.1 Å². The lowest BCUT2D eigenvalue weighted by molar-refractivity contribution is 0.0957. The molecule has 0 bridgehead atoms. The van der Waals surface area contributed by atoms with Crippen molar-refractivity contribution in [3.63, 3.8) is 0 Å². The lowest BCUT2D eigenvalue weighted by atomic mass is 10.2. The number of sulfonamides is 1. The molecule has 0 aromatic heterocycles. The van der Waals surface area contributed by atoms with E-state index in [1.54, 1.807) is 0 Å². The highest BCUT2D eigenvalue weighted by Gasteiger charge is 2.15. The summed E-state index contributed by atoms with van der Waals surface area (Å²) < 4.78 is 23.2. The number of hydrogen-bond donors (Lipinski definition) is 2. The Hall–Kier alpha value is -2.14. The fraction of sp³-hybridized carbons (Fsp3) is 0.0625. The van der Waals surface area contributed by atoms with E-state index >= 15 is 0 Å². The van der Waals surface area contributed by atoms with E-state index in [1.165, 1.54) is 18.2 Å². The van der Waals surface area contributed by atoms with Gasteiger partial charge >= 0.3 is 0 Å². The van der Waals surface area contributed by atoms with Gasteiger partial charge in [-0.1, -0.05) is 30.0 Å². The predicted octanol–water partition coefficient (Wildman–Crippen LogP) is 1.88. The second-order valence-electron chi connectivity index (χ2n) is 4.54. The SMILES string of the molecule is NS(=O)(=O)c1ccc(Br)c(C(=O)NCC#Cc2ccccc2)c1. The van der Waals surface area contributed by atoms with Gasteiger partial charge in [-0.2, -0.15) is 0 Å². The van der Waals surface area contributed by atoms with Gasteiger partial charge in [-0.15, -0.1) is 0 Å². The number of nitrogens with two attached hydrogens (primary N) is 1. The lowest BCUT2D eigenvalue weighted by Crippen LogP contribution is -2.24. The molecule has 2 rings (SSSR count). The van der Waals surface area contributed by atoms with Crippen LogP contribution in [-0.4, -0.2) is 20.9 Å². The molecule has 0 aliphatic carbocycles. The maximum Gasteiger partial charge on any atom is 0.253 e. The Labute approximate surface area is 143 Å². The third-order valence-electron chi connectivity index (χ3n) is 2.85. The van der Waals surface area contributed by atoms with Crippen LogP contribution in [0.3, 0.4) is 0 Å². The van der Waals surface area contributed by atoms with Gasteiger partial charge in [-0.25, -0.2) is 13.6 Å². The summed E-state index contributed by atoms with van der Waals surface area (Å²) in [4.78, 5) is 12.0. The van der Waals surface area contributed by atoms with E-state index in [1.807, 2.05) is 30.3 Å². The number of halogens is 1. The lowest BCUT2D eigenvalue weighted by Gasteiger charge is -2.06. The molecule has 0 fully saturated rings. The van der Waals surface area contributed by atoms with Crippen LogP contribution in [0.2, 0.25) is 0 Å². The van der Waals surface area contributed by atoms with Gasteiger partial charge in [0.2, 0.25) is 10.0 Å². The normalized spacial score (nSPS) is 10.5. The third-order valence-corrected chi connectivity index (χ3v) is 4.46. The van der Waals surface area contributed by atoms with Gasteiger partial charge in [0.05, 0.1) is 17.0 Å². The molecule has 0 atom stereocenters. The molecule has 0 radical (unpaired) electrons. The summed E-state index contributed by atoms with van der Waals surface area (Å²) in [7, 11) is -3.87. The summed E-state index contributed by atoms with van der Waals surface area (Å²) in [5.74, 6) is 5.30. The first kappa shape index (κ1) is 17.2. The van der Waals surface area contributed by atoms with Crippen LogP contribution in [0.5, 0.6) is 0 Å². The van der Waals surface area contributed by atoms with E-state index in [-0.39, 0.29) is 17.0 Å². The van der Waals surface area contributed by atoms with Gasteiger partial charge < -0.3 is 5.32 Å². The number of amides is 1. The monoisotopic (exact) mass is 392 g/mol. The summed E-state index contributed by atoms with van der Waals surface area (Å²) in [6.07, 6.45) is 0. The van der Waals surface area contributed by atoms with Crippen molar-refractivity contribution >= 4 is 31.9 Å². The second kappa shape index (κ2) is 7.42.